The highest BCUT2D eigenvalue weighted by atomic mass is 19.1. The molecule has 2 nitrogen and oxygen atoms in total. The van der Waals surface area contributed by atoms with Gasteiger partial charge in [-0.15, -0.1) is 0 Å². The lowest BCUT2D eigenvalue weighted by molar-refractivity contribution is 0.581. The van der Waals surface area contributed by atoms with Crippen molar-refractivity contribution in [3.05, 3.63) is 24.3 Å². The molecule has 0 aliphatic rings. The predicted molar refractivity (Wildman–Crippen MR) is 52.3 cm³/mol. The fourth-order valence-corrected chi connectivity index (χ4v) is 1.28. The van der Waals surface area contributed by atoms with Crippen LogP contribution >= 0.6 is 0 Å². The highest BCUT2D eigenvalue weighted by Crippen LogP contribution is 2.13. The molecule has 0 bridgehead atoms. The molecule has 0 aromatic carbocycles. The molecule has 0 N–H and O–H groups in total. The number of rotatable bonds is 3. The standard InChI is InChI=1S/C10H15FN2/c1-8(2)7-13(3)9-4-5-12-10(11)6-9/h4-6,8H,7H2,1-3H3. The minimum atomic E-state index is -0.423. The molecule has 0 aliphatic heterocycles. The molecular weight excluding hydrogens is 167 g/mol. The predicted octanol–water partition coefficient (Wildman–Crippen LogP) is 2.31. The van der Waals surface area contributed by atoms with E-state index in [-0.39, 0.29) is 0 Å². The molecule has 3 heteroatoms. The summed E-state index contributed by atoms with van der Waals surface area (Å²) in [5.41, 5.74) is 0.876. The smallest absolute Gasteiger partial charge is 0.214 e. The van der Waals surface area contributed by atoms with E-state index in [4.69, 9.17) is 0 Å². The summed E-state index contributed by atoms with van der Waals surface area (Å²) in [5.74, 6) is 0.148. The van der Waals surface area contributed by atoms with Crippen LogP contribution in [0.1, 0.15) is 13.8 Å². The third-order valence-electron chi connectivity index (χ3n) is 1.79. The Bertz CT molecular complexity index is 273. The Hall–Kier alpha value is -1.12. The molecule has 0 radical (unpaired) electrons. The molecular formula is C10H15FN2. The lowest BCUT2D eigenvalue weighted by Crippen LogP contribution is -2.22. The average Bonchev–Trinajstić information content (AvgIpc) is 2.03. The second-order valence-corrected chi connectivity index (χ2v) is 3.61. The SMILES string of the molecule is CC(C)CN(C)c1ccnc(F)c1. The summed E-state index contributed by atoms with van der Waals surface area (Å²) in [7, 11) is 1.95. The topological polar surface area (TPSA) is 16.1 Å². The van der Waals surface area contributed by atoms with Crippen molar-refractivity contribution in [3.63, 3.8) is 0 Å². The van der Waals surface area contributed by atoms with Crippen LogP contribution in [0.5, 0.6) is 0 Å². The van der Waals surface area contributed by atoms with Crippen molar-refractivity contribution >= 4 is 5.69 Å². The molecule has 0 amide bonds. The van der Waals surface area contributed by atoms with Crippen molar-refractivity contribution in [1.82, 2.24) is 4.98 Å². The van der Waals surface area contributed by atoms with Crippen LogP contribution in [0.15, 0.2) is 18.3 Å². The minimum Gasteiger partial charge on any atom is -0.374 e. The van der Waals surface area contributed by atoms with Gasteiger partial charge in [0.05, 0.1) is 0 Å². The summed E-state index contributed by atoms with van der Waals surface area (Å²) in [5, 5.41) is 0. The summed E-state index contributed by atoms with van der Waals surface area (Å²) < 4.78 is 12.7. The number of aromatic nitrogens is 1. The Kier molecular flexibility index (Phi) is 3.23. The van der Waals surface area contributed by atoms with Gasteiger partial charge in [-0.1, -0.05) is 13.8 Å². The maximum Gasteiger partial charge on any atom is 0.214 e. The van der Waals surface area contributed by atoms with Gasteiger partial charge >= 0.3 is 0 Å². The van der Waals surface area contributed by atoms with Gasteiger partial charge in [0.15, 0.2) is 0 Å². The zero-order valence-corrected chi connectivity index (χ0v) is 8.29. The summed E-state index contributed by atoms with van der Waals surface area (Å²) in [6.07, 6.45) is 1.49. The monoisotopic (exact) mass is 182 g/mol. The summed E-state index contributed by atoms with van der Waals surface area (Å²) in [6, 6.07) is 3.26. The van der Waals surface area contributed by atoms with E-state index in [2.05, 4.69) is 18.8 Å². The number of nitrogens with zero attached hydrogens (tertiary/aromatic N) is 2. The highest BCUT2D eigenvalue weighted by Gasteiger charge is 2.03. The minimum absolute atomic E-state index is 0.423. The van der Waals surface area contributed by atoms with Crippen molar-refractivity contribution in [1.29, 1.82) is 0 Å². The molecule has 0 spiro atoms. The third kappa shape index (κ3) is 3.01. The molecule has 1 heterocycles. The quantitative estimate of drug-likeness (QED) is 0.667. The first kappa shape index (κ1) is 9.96. The molecule has 0 saturated carbocycles. The van der Waals surface area contributed by atoms with Crippen molar-refractivity contribution in [3.8, 4) is 0 Å². The Morgan fingerprint density at radius 2 is 2.23 bits per heavy atom. The molecule has 0 atom stereocenters. The van der Waals surface area contributed by atoms with Crippen LogP contribution in [0, 0.1) is 11.9 Å². The fraction of sp³-hybridized carbons (Fsp3) is 0.500. The van der Waals surface area contributed by atoms with Crippen molar-refractivity contribution in [2.45, 2.75) is 13.8 Å². The van der Waals surface area contributed by atoms with Gasteiger partial charge in [0.1, 0.15) is 0 Å². The van der Waals surface area contributed by atoms with Gasteiger partial charge in [-0.3, -0.25) is 0 Å². The van der Waals surface area contributed by atoms with E-state index in [9.17, 15) is 4.39 Å². The number of hydrogen-bond acceptors (Lipinski definition) is 2. The third-order valence-corrected chi connectivity index (χ3v) is 1.79. The lowest BCUT2D eigenvalue weighted by Gasteiger charge is -2.21. The van der Waals surface area contributed by atoms with Crippen LogP contribution in [-0.4, -0.2) is 18.6 Å². The molecule has 1 aromatic rings. The molecule has 0 unspecified atom stereocenters. The van der Waals surface area contributed by atoms with Crippen molar-refractivity contribution in [2.75, 3.05) is 18.5 Å². The largest absolute Gasteiger partial charge is 0.374 e. The first-order valence-electron chi connectivity index (χ1n) is 4.42. The normalized spacial score (nSPS) is 10.5. The molecule has 72 valence electrons. The van der Waals surface area contributed by atoms with Crippen LogP contribution in [0.25, 0.3) is 0 Å². The molecule has 1 rings (SSSR count). The number of pyridine rings is 1. The summed E-state index contributed by atoms with van der Waals surface area (Å²) in [4.78, 5) is 5.53. The number of halogens is 1. The van der Waals surface area contributed by atoms with Gasteiger partial charge in [0.2, 0.25) is 5.95 Å². The summed E-state index contributed by atoms with van der Waals surface area (Å²) >= 11 is 0. The Balaban J connectivity index is 2.71. The maximum atomic E-state index is 12.7. The van der Waals surface area contributed by atoms with E-state index < -0.39 is 5.95 Å². The van der Waals surface area contributed by atoms with Gasteiger partial charge in [-0.2, -0.15) is 4.39 Å². The lowest BCUT2D eigenvalue weighted by atomic mass is 10.2. The van der Waals surface area contributed by atoms with Gasteiger partial charge in [0, 0.05) is 31.5 Å². The second-order valence-electron chi connectivity index (χ2n) is 3.61. The van der Waals surface area contributed by atoms with Crippen molar-refractivity contribution in [2.24, 2.45) is 5.92 Å². The molecule has 13 heavy (non-hydrogen) atoms. The van der Waals surface area contributed by atoms with Crippen LogP contribution in [0.3, 0.4) is 0 Å². The first-order chi connectivity index (χ1) is 6.09. The highest BCUT2D eigenvalue weighted by molar-refractivity contribution is 5.43. The van der Waals surface area contributed by atoms with Crippen molar-refractivity contribution < 1.29 is 4.39 Å². The Labute approximate surface area is 78.4 Å². The van der Waals surface area contributed by atoms with Gasteiger partial charge in [-0.05, 0) is 12.0 Å². The maximum absolute atomic E-state index is 12.7. The van der Waals surface area contributed by atoms with E-state index in [0.717, 1.165) is 12.2 Å². The molecule has 0 fully saturated rings. The van der Waals surface area contributed by atoms with E-state index in [1.165, 1.54) is 12.3 Å². The van der Waals surface area contributed by atoms with E-state index in [1.54, 1.807) is 0 Å². The number of hydrogen-bond donors (Lipinski definition) is 0. The van der Waals surface area contributed by atoms with E-state index in [0.29, 0.717) is 5.92 Å². The molecule has 0 saturated heterocycles. The zero-order valence-electron chi connectivity index (χ0n) is 8.29. The van der Waals surface area contributed by atoms with E-state index >= 15 is 0 Å². The van der Waals surface area contributed by atoms with Gasteiger partial charge in [-0.25, -0.2) is 4.98 Å². The van der Waals surface area contributed by atoms with Crippen LogP contribution in [0.2, 0.25) is 0 Å². The summed E-state index contributed by atoms with van der Waals surface area (Å²) in [6.45, 7) is 5.19. The number of anilines is 1. The van der Waals surface area contributed by atoms with E-state index in [1.807, 2.05) is 18.0 Å². The Morgan fingerprint density at radius 1 is 1.54 bits per heavy atom. The van der Waals surface area contributed by atoms with Gasteiger partial charge in [0.25, 0.3) is 0 Å². The van der Waals surface area contributed by atoms with Crippen LogP contribution in [-0.2, 0) is 0 Å². The Morgan fingerprint density at radius 3 is 2.77 bits per heavy atom. The molecule has 0 aliphatic carbocycles. The first-order valence-corrected chi connectivity index (χ1v) is 4.42. The fourth-order valence-electron chi connectivity index (χ4n) is 1.28. The molecule has 1 aromatic heterocycles. The average molecular weight is 182 g/mol. The second kappa shape index (κ2) is 4.21. The van der Waals surface area contributed by atoms with Gasteiger partial charge < -0.3 is 4.90 Å². The zero-order chi connectivity index (χ0) is 9.84. The van der Waals surface area contributed by atoms with Crippen LogP contribution in [0.4, 0.5) is 10.1 Å². The van der Waals surface area contributed by atoms with Crippen LogP contribution < -0.4 is 4.90 Å².